The first kappa shape index (κ1) is 21.6. The molecule has 0 saturated carbocycles. The number of anilines is 1. The van der Waals surface area contributed by atoms with Crippen LogP contribution in [0, 0.1) is 5.82 Å². The molecule has 32 heavy (non-hydrogen) atoms. The highest BCUT2D eigenvalue weighted by molar-refractivity contribution is 8.00. The summed E-state index contributed by atoms with van der Waals surface area (Å²) in [5, 5.41) is 10.9. The molecule has 0 radical (unpaired) electrons. The number of nitrogens with one attached hydrogen (secondary N) is 1. The zero-order valence-electron chi connectivity index (χ0n) is 17.4. The van der Waals surface area contributed by atoms with Crippen LogP contribution in [0.5, 0.6) is 5.75 Å². The Morgan fingerprint density at radius 3 is 2.69 bits per heavy atom. The van der Waals surface area contributed by atoms with Gasteiger partial charge in [0.2, 0.25) is 11.6 Å². The van der Waals surface area contributed by atoms with Gasteiger partial charge < -0.3 is 10.1 Å². The molecular formula is C22H20FN5O3S. The van der Waals surface area contributed by atoms with Gasteiger partial charge in [-0.05, 0) is 42.8 Å². The first-order chi connectivity index (χ1) is 15.5. The van der Waals surface area contributed by atoms with Gasteiger partial charge >= 0.3 is 5.56 Å². The van der Waals surface area contributed by atoms with Crippen molar-refractivity contribution in [1.82, 2.24) is 19.2 Å². The first-order valence-corrected chi connectivity index (χ1v) is 10.7. The molecule has 4 aromatic rings. The number of carbonyl (C=O) groups is 1. The molecule has 1 amide bonds. The number of nitrogens with zero attached hydrogens (tertiary/aromatic N) is 4. The number of methoxy groups -OCH3 is 1. The molecule has 4 rings (SSSR count). The molecule has 0 aliphatic heterocycles. The Labute approximate surface area is 187 Å². The van der Waals surface area contributed by atoms with Crippen LogP contribution >= 0.6 is 11.8 Å². The molecule has 0 fully saturated rings. The lowest BCUT2D eigenvalue weighted by Crippen LogP contribution is -2.25. The van der Waals surface area contributed by atoms with Crippen molar-refractivity contribution in [2.45, 2.75) is 23.8 Å². The molecule has 2 aromatic heterocycles. The number of rotatable bonds is 7. The van der Waals surface area contributed by atoms with Crippen LogP contribution in [-0.2, 0) is 4.79 Å². The van der Waals surface area contributed by atoms with Gasteiger partial charge in [0.25, 0.3) is 0 Å². The number of hydrogen-bond donors (Lipinski definition) is 1. The van der Waals surface area contributed by atoms with E-state index in [1.165, 1.54) is 40.6 Å². The third-order valence-electron chi connectivity index (χ3n) is 4.79. The quantitative estimate of drug-likeness (QED) is 0.431. The molecule has 164 valence electrons. The molecule has 2 heterocycles. The van der Waals surface area contributed by atoms with Crippen LogP contribution in [0.3, 0.4) is 0 Å². The lowest BCUT2D eigenvalue weighted by atomic mass is 10.2. The van der Waals surface area contributed by atoms with Crippen LogP contribution in [0.4, 0.5) is 10.1 Å². The van der Waals surface area contributed by atoms with Crippen LogP contribution in [0.15, 0.2) is 70.9 Å². The number of fused-ring (bicyclic) bond motifs is 1. The van der Waals surface area contributed by atoms with E-state index in [1.54, 1.807) is 48.2 Å². The molecule has 0 bridgehead atoms. The number of aromatic nitrogens is 4. The summed E-state index contributed by atoms with van der Waals surface area (Å²) in [6, 6.07) is 12.7. The smallest absolute Gasteiger partial charge is 0.300 e. The number of hydrogen-bond acceptors (Lipinski definition) is 6. The summed E-state index contributed by atoms with van der Waals surface area (Å²) < 4.78 is 21.3. The molecule has 8 nitrogen and oxygen atoms in total. The fourth-order valence-corrected chi connectivity index (χ4v) is 4.05. The van der Waals surface area contributed by atoms with Crippen LogP contribution in [0.2, 0.25) is 0 Å². The van der Waals surface area contributed by atoms with Crippen LogP contribution in [0.25, 0.3) is 11.3 Å². The second kappa shape index (κ2) is 9.23. The summed E-state index contributed by atoms with van der Waals surface area (Å²) in [4.78, 5) is 25.7. The standard InChI is InChI=1S/C22H20FN5O3S/c1-3-18(20(29)24-15-9-7-14(23)8-10-15)32-22-26-25-19-21(30)27(11-12-28(19)22)16-5-4-6-17(13-16)31-2/h4-13,18H,3H2,1-2H3,(H,24,29). The Morgan fingerprint density at radius 1 is 1.19 bits per heavy atom. The molecule has 0 saturated heterocycles. The second-order valence-electron chi connectivity index (χ2n) is 6.86. The first-order valence-electron chi connectivity index (χ1n) is 9.84. The minimum Gasteiger partial charge on any atom is -0.497 e. The van der Waals surface area contributed by atoms with Gasteiger partial charge in [-0.3, -0.25) is 18.6 Å². The highest BCUT2D eigenvalue weighted by Crippen LogP contribution is 2.25. The number of amides is 1. The van der Waals surface area contributed by atoms with Gasteiger partial charge in [-0.15, -0.1) is 10.2 Å². The number of thioether (sulfide) groups is 1. The van der Waals surface area contributed by atoms with Gasteiger partial charge in [-0.1, -0.05) is 24.8 Å². The zero-order chi connectivity index (χ0) is 22.7. The molecule has 1 N–H and O–H groups in total. The predicted octanol–water partition coefficient (Wildman–Crippen LogP) is 3.54. The van der Waals surface area contributed by atoms with E-state index in [2.05, 4.69) is 15.5 Å². The van der Waals surface area contributed by atoms with Crippen molar-refractivity contribution >= 4 is 29.0 Å². The maximum Gasteiger partial charge on any atom is 0.300 e. The molecule has 10 heteroatoms. The minimum atomic E-state index is -0.478. The van der Waals surface area contributed by atoms with Crippen molar-refractivity contribution in [2.75, 3.05) is 12.4 Å². The van der Waals surface area contributed by atoms with E-state index >= 15 is 0 Å². The van der Waals surface area contributed by atoms with E-state index < -0.39 is 5.25 Å². The van der Waals surface area contributed by atoms with Crippen molar-refractivity contribution in [3.8, 4) is 11.4 Å². The Morgan fingerprint density at radius 2 is 1.97 bits per heavy atom. The fourth-order valence-electron chi connectivity index (χ4n) is 3.12. The van der Waals surface area contributed by atoms with Gasteiger partial charge in [-0.25, -0.2) is 4.39 Å². The van der Waals surface area contributed by atoms with E-state index in [9.17, 15) is 14.0 Å². The molecule has 0 aliphatic carbocycles. The van der Waals surface area contributed by atoms with Crippen molar-refractivity contribution in [1.29, 1.82) is 0 Å². The maximum atomic E-state index is 13.1. The van der Waals surface area contributed by atoms with Crippen LogP contribution in [0.1, 0.15) is 13.3 Å². The Kier molecular flexibility index (Phi) is 6.22. The summed E-state index contributed by atoms with van der Waals surface area (Å²) >= 11 is 1.21. The average Bonchev–Trinajstić information content (AvgIpc) is 3.22. The summed E-state index contributed by atoms with van der Waals surface area (Å²) in [6.45, 7) is 1.88. The Bertz CT molecular complexity index is 1320. The number of benzene rings is 2. The van der Waals surface area contributed by atoms with Gasteiger partial charge in [0.15, 0.2) is 5.16 Å². The third kappa shape index (κ3) is 4.35. The van der Waals surface area contributed by atoms with Gasteiger partial charge in [-0.2, -0.15) is 0 Å². The molecule has 2 aromatic carbocycles. The van der Waals surface area contributed by atoms with Gasteiger partial charge in [0.05, 0.1) is 18.0 Å². The monoisotopic (exact) mass is 453 g/mol. The average molecular weight is 453 g/mol. The summed E-state index contributed by atoms with van der Waals surface area (Å²) in [5.41, 5.74) is 0.942. The SMILES string of the molecule is CCC(Sc1nnc2c(=O)n(-c3cccc(OC)c3)ccn12)C(=O)Nc1ccc(F)cc1. The largest absolute Gasteiger partial charge is 0.497 e. The summed E-state index contributed by atoms with van der Waals surface area (Å²) in [7, 11) is 1.56. The number of ether oxygens (including phenoxy) is 1. The minimum absolute atomic E-state index is 0.145. The van der Waals surface area contributed by atoms with Crippen LogP contribution < -0.4 is 15.6 Å². The lowest BCUT2D eigenvalue weighted by Gasteiger charge is -2.14. The van der Waals surface area contributed by atoms with E-state index in [-0.39, 0.29) is 22.9 Å². The Hall–Kier alpha value is -3.66. The van der Waals surface area contributed by atoms with Crippen LogP contribution in [-0.4, -0.2) is 37.4 Å². The summed E-state index contributed by atoms with van der Waals surface area (Å²) in [6.07, 6.45) is 3.83. The molecular weight excluding hydrogens is 433 g/mol. The topological polar surface area (TPSA) is 90.5 Å². The van der Waals surface area contributed by atoms with E-state index in [0.717, 1.165) is 0 Å². The maximum absolute atomic E-state index is 13.1. The van der Waals surface area contributed by atoms with Gasteiger partial charge in [0.1, 0.15) is 11.6 Å². The molecule has 0 aliphatic rings. The number of halogens is 1. The third-order valence-corrected chi connectivity index (χ3v) is 6.11. The summed E-state index contributed by atoms with van der Waals surface area (Å²) in [5.74, 6) is 0.00877. The zero-order valence-corrected chi connectivity index (χ0v) is 18.2. The molecule has 1 atom stereocenters. The molecule has 0 spiro atoms. The van der Waals surface area contributed by atoms with Crippen molar-refractivity contribution in [3.63, 3.8) is 0 Å². The highest BCUT2D eigenvalue weighted by atomic mass is 32.2. The van der Waals surface area contributed by atoms with Crippen molar-refractivity contribution in [2.24, 2.45) is 0 Å². The van der Waals surface area contributed by atoms with Crippen molar-refractivity contribution in [3.05, 3.63) is 77.1 Å². The van der Waals surface area contributed by atoms with E-state index in [1.807, 2.05) is 6.92 Å². The molecule has 1 unspecified atom stereocenters. The normalized spacial score (nSPS) is 12.0. The lowest BCUT2D eigenvalue weighted by molar-refractivity contribution is -0.115. The number of carbonyl (C=O) groups excluding carboxylic acids is 1. The van der Waals surface area contributed by atoms with Gasteiger partial charge in [0, 0.05) is 24.1 Å². The van der Waals surface area contributed by atoms with E-state index in [0.29, 0.717) is 28.7 Å². The fraction of sp³-hybridized carbons (Fsp3) is 0.182. The predicted molar refractivity (Wildman–Crippen MR) is 120 cm³/mol. The highest BCUT2D eigenvalue weighted by Gasteiger charge is 2.22. The Balaban J connectivity index is 1.59. The van der Waals surface area contributed by atoms with Crippen molar-refractivity contribution < 1.29 is 13.9 Å². The van der Waals surface area contributed by atoms with E-state index in [4.69, 9.17) is 4.74 Å². The second-order valence-corrected chi connectivity index (χ2v) is 8.03.